The molecule has 1 unspecified atom stereocenters. The Balaban J connectivity index is 0.00000264. The van der Waals surface area contributed by atoms with Gasteiger partial charge in [-0.1, -0.05) is 38.1 Å². The van der Waals surface area contributed by atoms with E-state index in [0.717, 1.165) is 11.1 Å². The monoisotopic (exact) mass is 339 g/mol. The first kappa shape index (κ1) is 19.5. The fourth-order valence-electron chi connectivity index (χ4n) is 2.80. The smallest absolute Gasteiger partial charge is 0.243 e. The van der Waals surface area contributed by atoms with Crippen LogP contribution in [0, 0.1) is 5.92 Å². The zero-order valence-corrected chi connectivity index (χ0v) is 14.6. The molecule has 0 aromatic heterocycles. The summed E-state index contributed by atoms with van der Waals surface area (Å²) in [5.41, 5.74) is 7.72. The molecule has 1 heterocycles. The highest BCUT2D eigenvalue weighted by molar-refractivity contribution is 5.88. The van der Waals surface area contributed by atoms with E-state index in [1.807, 2.05) is 38.1 Å². The van der Waals surface area contributed by atoms with Crippen molar-refractivity contribution in [3.8, 4) is 0 Å². The van der Waals surface area contributed by atoms with Crippen LogP contribution in [0.3, 0.4) is 0 Å². The standard InChI is InChI=1S/C17H25N3O2.ClH/c1-12(2)9-16(21)20-11-14-6-4-3-5-13(14)10-15(20)17(22)19-8-7-18;/h3-6,12,15H,7-11,18H2,1-2H3,(H,19,22);1H. The van der Waals surface area contributed by atoms with E-state index in [1.54, 1.807) is 4.90 Å². The molecular formula is C17H26ClN3O2. The second kappa shape index (κ2) is 8.89. The molecule has 1 aromatic rings. The van der Waals surface area contributed by atoms with E-state index >= 15 is 0 Å². The van der Waals surface area contributed by atoms with Gasteiger partial charge in [0.25, 0.3) is 0 Å². The molecule has 0 radical (unpaired) electrons. The van der Waals surface area contributed by atoms with Gasteiger partial charge in [0, 0.05) is 32.5 Å². The lowest BCUT2D eigenvalue weighted by molar-refractivity contribution is -0.142. The molecule has 23 heavy (non-hydrogen) atoms. The molecule has 5 nitrogen and oxygen atoms in total. The van der Waals surface area contributed by atoms with Crippen LogP contribution in [0.1, 0.15) is 31.4 Å². The number of nitrogens with zero attached hydrogens (tertiary/aromatic N) is 1. The van der Waals surface area contributed by atoms with Gasteiger partial charge in [-0.15, -0.1) is 12.4 Å². The number of rotatable bonds is 5. The second-order valence-electron chi connectivity index (χ2n) is 6.19. The zero-order chi connectivity index (χ0) is 16.1. The van der Waals surface area contributed by atoms with Gasteiger partial charge in [0.05, 0.1) is 0 Å². The molecule has 1 aliphatic heterocycles. The number of carbonyl (C=O) groups is 2. The van der Waals surface area contributed by atoms with Gasteiger partial charge >= 0.3 is 0 Å². The third-order valence-corrected chi connectivity index (χ3v) is 3.90. The number of hydrogen-bond donors (Lipinski definition) is 2. The molecule has 0 spiro atoms. The van der Waals surface area contributed by atoms with Crippen molar-refractivity contribution in [3.63, 3.8) is 0 Å². The predicted molar refractivity (Wildman–Crippen MR) is 93.3 cm³/mol. The number of benzene rings is 1. The second-order valence-corrected chi connectivity index (χ2v) is 6.19. The van der Waals surface area contributed by atoms with Crippen molar-refractivity contribution in [2.24, 2.45) is 11.7 Å². The maximum atomic E-state index is 12.5. The molecule has 0 saturated heterocycles. The largest absolute Gasteiger partial charge is 0.353 e. The molecule has 1 aliphatic rings. The number of fused-ring (bicyclic) bond motifs is 1. The number of nitrogens with one attached hydrogen (secondary N) is 1. The van der Waals surface area contributed by atoms with Crippen LogP contribution in [0.2, 0.25) is 0 Å². The van der Waals surface area contributed by atoms with Gasteiger partial charge in [-0.2, -0.15) is 0 Å². The maximum Gasteiger partial charge on any atom is 0.243 e. The molecular weight excluding hydrogens is 314 g/mol. The van der Waals surface area contributed by atoms with E-state index in [1.165, 1.54) is 0 Å². The number of amides is 2. The van der Waals surface area contributed by atoms with Gasteiger partial charge in [-0.05, 0) is 17.0 Å². The molecule has 0 fully saturated rings. The predicted octanol–water partition coefficient (Wildman–Crippen LogP) is 1.48. The van der Waals surface area contributed by atoms with Crippen molar-refractivity contribution in [1.82, 2.24) is 10.2 Å². The molecule has 0 bridgehead atoms. The average Bonchev–Trinajstić information content (AvgIpc) is 2.50. The zero-order valence-electron chi connectivity index (χ0n) is 13.7. The van der Waals surface area contributed by atoms with Crippen LogP contribution in [-0.2, 0) is 22.6 Å². The first-order valence-electron chi connectivity index (χ1n) is 7.87. The molecule has 0 aliphatic carbocycles. The SMILES string of the molecule is CC(C)CC(=O)N1Cc2ccccc2CC1C(=O)NCCN.Cl. The van der Waals surface area contributed by atoms with Crippen LogP contribution in [0.4, 0.5) is 0 Å². The van der Waals surface area contributed by atoms with E-state index in [2.05, 4.69) is 5.32 Å². The highest BCUT2D eigenvalue weighted by Crippen LogP contribution is 2.24. The van der Waals surface area contributed by atoms with Crippen LogP contribution in [0.5, 0.6) is 0 Å². The molecule has 1 aromatic carbocycles. The van der Waals surface area contributed by atoms with Crippen molar-refractivity contribution in [1.29, 1.82) is 0 Å². The van der Waals surface area contributed by atoms with Crippen molar-refractivity contribution in [2.45, 2.75) is 39.3 Å². The molecule has 128 valence electrons. The first-order valence-corrected chi connectivity index (χ1v) is 7.87. The van der Waals surface area contributed by atoms with Gasteiger partial charge in [-0.25, -0.2) is 0 Å². The summed E-state index contributed by atoms with van der Waals surface area (Å²) >= 11 is 0. The minimum atomic E-state index is -0.437. The van der Waals surface area contributed by atoms with Crippen molar-refractivity contribution in [2.75, 3.05) is 13.1 Å². The van der Waals surface area contributed by atoms with Crippen molar-refractivity contribution in [3.05, 3.63) is 35.4 Å². The summed E-state index contributed by atoms with van der Waals surface area (Å²) in [6, 6.07) is 7.56. The first-order chi connectivity index (χ1) is 10.5. The fourth-order valence-corrected chi connectivity index (χ4v) is 2.80. The Morgan fingerprint density at radius 1 is 1.30 bits per heavy atom. The minimum absolute atomic E-state index is 0. The van der Waals surface area contributed by atoms with Crippen LogP contribution < -0.4 is 11.1 Å². The fraction of sp³-hybridized carbons (Fsp3) is 0.529. The maximum absolute atomic E-state index is 12.5. The topological polar surface area (TPSA) is 75.4 Å². The minimum Gasteiger partial charge on any atom is -0.353 e. The van der Waals surface area contributed by atoms with Gasteiger partial charge < -0.3 is 16.0 Å². The average molecular weight is 340 g/mol. The van der Waals surface area contributed by atoms with Gasteiger partial charge in [0.1, 0.15) is 6.04 Å². The Bertz CT molecular complexity index is 548. The third-order valence-electron chi connectivity index (χ3n) is 3.90. The Kier molecular flexibility index (Phi) is 7.52. The van der Waals surface area contributed by atoms with E-state index < -0.39 is 6.04 Å². The van der Waals surface area contributed by atoms with E-state index in [-0.39, 0.29) is 30.1 Å². The quantitative estimate of drug-likeness (QED) is 0.853. The van der Waals surface area contributed by atoms with Crippen LogP contribution in [0.15, 0.2) is 24.3 Å². The Morgan fingerprint density at radius 3 is 2.57 bits per heavy atom. The van der Waals surface area contributed by atoms with Crippen LogP contribution in [0.25, 0.3) is 0 Å². The van der Waals surface area contributed by atoms with Crippen LogP contribution >= 0.6 is 12.4 Å². The summed E-state index contributed by atoms with van der Waals surface area (Å²) in [7, 11) is 0. The lowest BCUT2D eigenvalue weighted by Gasteiger charge is -2.36. The lowest BCUT2D eigenvalue weighted by Crippen LogP contribution is -2.53. The van der Waals surface area contributed by atoms with E-state index in [0.29, 0.717) is 32.5 Å². The van der Waals surface area contributed by atoms with Gasteiger partial charge in [0.15, 0.2) is 0 Å². The van der Waals surface area contributed by atoms with E-state index in [4.69, 9.17) is 5.73 Å². The van der Waals surface area contributed by atoms with E-state index in [9.17, 15) is 9.59 Å². The van der Waals surface area contributed by atoms with Crippen molar-refractivity contribution >= 4 is 24.2 Å². The van der Waals surface area contributed by atoms with Gasteiger partial charge in [0.2, 0.25) is 11.8 Å². The number of halogens is 1. The molecule has 2 amide bonds. The Labute approximate surface area is 144 Å². The van der Waals surface area contributed by atoms with Crippen molar-refractivity contribution < 1.29 is 9.59 Å². The molecule has 3 N–H and O–H groups in total. The summed E-state index contributed by atoms with van der Waals surface area (Å²) in [6.07, 6.45) is 1.03. The third kappa shape index (κ3) is 4.94. The van der Waals surface area contributed by atoms with Crippen LogP contribution in [-0.4, -0.2) is 35.8 Å². The summed E-state index contributed by atoms with van der Waals surface area (Å²) < 4.78 is 0. The highest BCUT2D eigenvalue weighted by Gasteiger charge is 2.34. The Morgan fingerprint density at radius 2 is 1.96 bits per heavy atom. The summed E-state index contributed by atoms with van der Waals surface area (Å²) in [5, 5.41) is 2.81. The molecule has 2 rings (SSSR count). The summed E-state index contributed by atoms with van der Waals surface area (Å²) in [6.45, 7) is 5.36. The number of hydrogen-bond acceptors (Lipinski definition) is 3. The molecule has 6 heteroatoms. The van der Waals surface area contributed by atoms with Gasteiger partial charge in [-0.3, -0.25) is 9.59 Å². The summed E-state index contributed by atoms with van der Waals surface area (Å²) in [4.78, 5) is 26.7. The number of carbonyl (C=O) groups excluding carboxylic acids is 2. The summed E-state index contributed by atoms with van der Waals surface area (Å²) in [5.74, 6) is 0.201. The molecule has 0 saturated carbocycles. The highest BCUT2D eigenvalue weighted by atomic mass is 35.5. The normalized spacial score (nSPS) is 16.5. The lowest BCUT2D eigenvalue weighted by atomic mass is 9.92. The Hall–Kier alpha value is -1.59. The molecule has 1 atom stereocenters. The number of nitrogens with two attached hydrogens (primary N) is 1.